The summed E-state index contributed by atoms with van der Waals surface area (Å²) < 4.78 is 17.1. The Morgan fingerprint density at radius 2 is 1.80 bits per heavy atom. The zero-order valence-corrected chi connectivity index (χ0v) is 19.7. The molecule has 0 unspecified atom stereocenters. The minimum atomic E-state index is 0. The number of ether oxygens (including phenoxy) is 3. The Morgan fingerprint density at radius 3 is 2.53 bits per heavy atom. The predicted molar refractivity (Wildman–Crippen MR) is 127 cm³/mol. The van der Waals surface area contributed by atoms with Gasteiger partial charge in [0.1, 0.15) is 6.61 Å². The first-order chi connectivity index (χ1) is 13.8. The summed E-state index contributed by atoms with van der Waals surface area (Å²) in [6, 6.07) is 13.8. The number of benzene rings is 2. The fourth-order valence-corrected chi connectivity index (χ4v) is 3.31. The third kappa shape index (κ3) is 8.50. The van der Waals surface area contributed by atoms with Gasteiger partial charge >= 0.3 is 0 Å². The van der Waals surface area contributed by atoms with Crippen LogP contribution < -0.4 is 14.8 Å². The van der Waals surface area contributed by atoms with Crippen LogP contribution in [0.25, 0.3) is 0 Å². The highest BCUT2D eigenvalue weighted by Crippen LogP contribution is 2.30. The Balaban J connectivity index is 0.00000225. The van der Waals surface area contributed by atoms with Gasteiger partial charge in [0.05, 0.1) is 19.8 Å². The summed E-state index contributed by atoms with van der Waals surface area (Å²) in [6.45, 7) is 9.50. The van der Waals surface area contributed by atoms with Crippen molar-refractivity contribution in [3.8, 4) is 11.5 Å². The van der Waals surface area contributed by atoms with Crippen LogP contribution in [0.4, 0.5) is 0 Å². The highest BCUT2D eigenvalue weighted by Gasteiger charge is 2.10. The molecule has 1 heterocycles. The minimum Gasteiger partial charge on any atom is -0.490 e. The summed E-state index contributed by atoms with van der Waals surface area (Å²) in [7, 11) is 0. The van der Waals surface area contributed by atoms with Crippen LogP contribution in [0, 0.1) is 0 Å². The van der Waals surface area contributed by atoms with Gasteiger partial charge in [0.25, 0.3) is 0 Å². The van der Waals surface area contributed by atoms with Crippen molar-refractivity contribution >= 4 is 36.4 Å². The standard InChI is InChI=1S/C22H29ClN2O3.2ClH/c1-2-27-22-15-18(16-24-9-10-25-11-13-26-14-12-25)7-8-21(22)28-17-19-5-3-4-6-20(19)23;;/h3-8,15,24H,2,9-14,16-17H2,1H3;2*1H. The average Bonchev–Trinajstić information content (AvgIpc) is 2.73. The Bertz CT molecular complexity index is 743. The molecular weight excluding hydrogens is 447 g/mol. The summed E-state index contributed by atoms with van der Waals surface area (Å²) in [5.41, 5.74) is 2.14. The molecule has 2 aromatic carbocycles. The zero-order chi connectivity index (χ0) is 19.6. The number of halogens is 3. The summed E-state index contributed by atoms with van der Waals surface area (Å²) >= 11 is 6.21. The number of hydrogen-bond donors (Lipinski definition) is 1. The number of rotatable bonds is 10. The molecule has 1 N–H and O–H groups in total. The van der Waals surface area contributed by atoms with Crippen LogP contribution in [0.1, 0.15) is 18.1 Å². The lowest BCUT2D eigenvalue weighted by molar-refractivity contribution is 0.0384. The van der Waals surface area contributed by atoms with Gasteiger partial charge in [-0.05, 0) is 30.7 Å². The van der Waals surface area contributed by atoms with Gasteiger partial charge in [-0.2, -0.15) is 0 Å². The number of nitrogens with zero attached hydrogens (tertiary/aromatic N) is 1. The molecule has 1 fully saturated rings. The molecule has 168 valence electrons. The first-order valence-corrected chi connectivity index (χ1v) is 10.3. The molecule has 0 spiro atoms. The first kappa shape index (κ1) is 26.8. The molecule has 0 aromatic heterocycles. The second kappa shape index (κ2) is 14.7. The molecule has 0 atom stereocenters. The molecule has 0 radical (unpaired) electrons. The van der Waals surface area contributed by atoms with E-state index in [9.17, 15) is 0 Å². The Morgan fingerprint density at radius 1 is 1.03 bits per heavy atom. The van der Waals surface area contributed by atoms with Crippen molar-refractivity contribution in [2.75, 3.05) is 46.0 Å². The van der Waals surface area contributed by atoms with Crippen LogP contribution >= 0.6 is 36.4 Å². The van der Waals surface area contributed by atoms with Crippen molar-refractivity contribution < 1.29 is 14.2 Å². The Labute approximate surface area is 196 Å². The number of nitrogens with one attached hydrogen (secondary N) is 1. The zero-order valence-electron chi connectivity index (χ0n) is 17.3. The van der Waals surface area contributed by atoms with Crippen molar-refractivity contribution in [2.45, 2.75) is 20.1 Å². The van der Waals surface area contributed by atoms with Gasteiger partial charge in [-0.15, -0.1) is 24.8 Å². The van der Waals surface area contributed by atoms with Crippen molar-refractivity contribution in [1.82, 2.24) is 10.2 Å². The lowest BCUT2D eigenvalue weighted by Crippen LogP contribution is -2.40. The van der Waals surface area contributed by atoms with Crippen LogP contribution in [0.15, 0.2) is 42.5 Å². The third-order valence-corrected chi connectivity index (χ3v) is 5.06. The SMILES string of the molecule is CCOc1cc(CNCCN2CCOCC2)ccc1OCc1ccccc1Cl.Cl.Cl. The fraction of sp³-hybridized carbons (Fsp3) is 0.455. The van der Waals surface area contributed by atoms with E-state index in [-0.39, 0.29) is 24.8 Å². The fourth-order valence-electron chi connectivity index (χ4n) is 3.12. The number of morpholine rings is 1. The molecule has 3 rings (SSSR count). The van der Waals surface area contributed by atoms with Crippen molar-refractivity contribution in [3.63, 3.8) is 0 Å². The van der Waals surface area contributed by atoms with E-state index in [0.717, 1.165) is 63.0 Å². The highest BCUT2D eigenvalue weighted by molar-refractivity contribution is 6.31. The third-order valence-electron chi connectivity index (χ3n) is 4.69. The maximum absolute atomic E-state index is 6.21. The Kier molecular flexibility index (Phi) is 13.2. The van der Waals surface area contributed by atoms with Gasteiger partial charge in [-0.1, -0.05) is 35.9 Å². The first-order valence-electron chi connectivity index (χ1n) is 9.89. The van der Waals surface area contributed by atoms with Gasteiger partial charge in [-0.3, -0.25) is 4.90 Å². The lowest BCUT2D eigenvalue weighted by Gasteiger charge is -2.26. The molecule has 0 bridgehead atoms. The van der Waals surface area contributed by atoms with E-state index in [2.05, 4.69) is 16.3 Å². The van der Waals surface area contributed by atoms with E-state index < -0.39 is 0 Å². The van der Waals surface area contributed by atoms with Crippen LogP contribution in [-0.2, 0) is 17.9 Å². The molecule has 0 amide bonds. The second-order valence-corrected chi connectivity index (χ2v) is 7.13. The average molecular weight is 478 g/mol. The molecular formula is C22H31Cl3N2O3. The van der Waals surface area contributed by atoms with Gasteiger partial charge in [0.15, 0.2) is 11.5 Å². The largest absolute Gasteiger partial charge is 0.490 e. The summed E-state index contributed by atoms with van der Waals surface area (Å²) in [4.78, 5) is 2.42. The summed E-state index contributed by atoms with van der Waals surface area (Å²) in [5, 5.41) is 4.22. The number of hydrogen-bond acceptors (Lipinski definition) is 5. The smallest absolute Gasteiger partial charge is 0.161 e. The second-order valence-electron chi connectivity index (χ2n) is 6.72. The highest BCUT2D eigenvalue weighted by atomic mass is 35.5. The van der Waals surface area contributed by atoms with E-state index in [1.54, 1.807) is 0 Å². The molecule has 1 aliphatic rings. The van der Waals surface area contributed by atoms with E-state index in [0.29, 0.717) is 18.2 Å². The van der Waals surface area contributed by atoms with Gasteiger partial charge in [0.2, 0.25) is 0 Å². The van der Waals surface area contributed by atoms with Crippen LogP contribution in [0.5, 0.6) is 11.5 Å². The van der Waals surface area contributed by atoms with E-state index >= 15 is 0 Å². The van der Waals surface area contributed by atoms with Crippen molar-refractivity contribution in [1.29, 1.82) is 0 Å². The van der Waals surface area contributed by atoms with Gasteiger partial charge < -0.3 is 19.5 Å². The molecule has 8 heteroatoms. The molecule has 0 saturated carbocycles. The molecule has 1 saturated heterocycles. The van der Waals surface area contributed by atoms with E-state index in [1.165, 1.54) is 5.56 Å². The topological polar surface area (TPSA) is 43.0 Å². The van der Waals surface area contributed by atoms with Gasteiger partial charge in [0, 0.05) is 43.3 Å². The monoisotopic (exact) mass is 476 g/mol. The molecule has 0 aliphatic carbocycles. The van der Waals surface area contributed by atoms with E-state index in [4.69, 9.17) is 25.8 Å². The maximum atomic E-state index is 6.21. The minimum absolute atomic E-state index is 0. The summed E-state index contributed by atoms with van der Waals surface area (Å²) in [5.74, 6) is 1.50. The van der Waals surface area contributed by atoms with Crippen molar-refractivity contribution in [2.24, 2.45) is 0 Å². The van der Waals surface area contributed by atoms with E-state index in [1.807, 2.05) is 43.3 Å². The maximum Gasteiger partial charge on any atom is 0.161 e. The van der Waals surface area contributed by atoms with Crippen LogP contribution in [0.2, 0.25) is 5.02 Å². The van der Waals surface area contributed by atoms with Crippen LogP contribution in [-0.4, -0.2) is 50.9 Å². The molecule has 1 aliphatic heterocycles. The lowest BCUT2D eigenvalue weighted by atomic mass is 10.2. The molecule has 30 heavy (non-hydrogen) atoms. The van der Waals surface area contributed by atoms with Gasteiger partial charge in [-0.25, -0.2) is 0 Å². The molecule has 2 aromatic rings. The quantitative estimate of drug-likeness (QED) is 0.507. The summed E-state index contributed by atoms with van der Waals surface area (Å²) in [6.07, 6.45) is 0. The molecule has 5 nitrogen and oxygen atoms in total. The normalized spacial score (nSPS) is 13.8. The predicted octanol–water partition coefficient (Wildman–Crippen LogP) is 4.58. The van der Waals surface area contributed by atoms with Crippen molar-refractivity contribution in [3.05, 3.63) is 58.6 Å². The Hall–Kier alpha value is -1.21. The van der Waals surface area contributed by atoms with Crippen LogP contribution in [0.3, 0.4) is 0 Å².